The van der Waals surface area contributed by atoms with Gasteiger partial charge in [0.1, 0.15) is 0 Å². The Balaban J connectivity index is 1.81. The van der Waals surface area contributed by atoms with Crippen molar-refractivity contribution in [2.24, 2.45) is 0 Å². The lowest BCUT2D eigenvalue weighted by atomic mass is 10.1. The molecular formula is C13H25N3O2. The van der Waals surface area contributed by atoms with Gasteiger partial charge in [-0.2, -0.15) is 0 Å². The number of nitrogens with zero attached hydrogens (tertiary/aromatic N) is 2. The van der Waals surface area contributed by atoms with Crippen molar-refractivity contribution in [1.29, 1.82) is 0 Å². The highest BCUT2D eigenvalue weighted by molar-refractivity contribution is 5.83. The maximum atomic E-state index is 12.1. The van der Waals surface area contributed by atoms with E-state index in [1.807, 2.05) is 4.90 Å². The minimum Gasteiger partial charge on any atom is -0.374 e. The van der Waals surface area contributed by atoms with Crippen LogP contribution in [0.1, 0.15) is 26.7 Å². The van der Waals surface area contributed by atoms with Gasteiger partial charge in [-0.15, -0.1) is 0 Å². The van der Waals surface area contributed by atoms with E-state index in [4.69, 9.17) is 4.74 Å². The van der Waals surface area contributed by atoms with Crippen LogP contribution in [0.4, 0.5) is 0 Å². The highest BCUT2D eigenvalue weighted by Gasteiger charge is 2.32. The molecule has 2 aliphatic rings. The van der Waals surface area contributed by atoms with Crippen molar-refractivity contribution >= 4 is 5.91 Å². The Morgan fingerprint density at radius 1 is 1.44 bits per heavy atom. The van der Waals surface area contributed by atoms with Gasteiger partial charge in [0.05, 0.1) is 25.4 Å². The molecule has 0 radical (unpaired) electrons. The number of ether oxygens (including phenoxy) is 1. The predicted molar refractivity (Wildman–Crippen MR) is 70.3 cm³/mol. The average Bonchev–Trinajstić information content (AvgIpc) is 2.72. The molecule has 5 heteroatoms. The summed E-state index contributed by atoms with van der Waals surface area (Å²) in [4.78, 5) is 16.4. The molecule has 18 heavy (non-hydrogen) atoms. The van der Waals surface area contributed by atoms with Crippen molar-refractivity contribution in [3.8, 4) is 0 Å². The first-order chi connectivity index (χ1) is 8.74. The molecule has 0 spiro atoms. The minimum atomic E-state index is 0.0286. The number of likely N-dealkylation sites (N-methyl/N-ethyl adjacent to an activating group) is 1. The third-order valence-corrected chi connectivity index (χ3v) is 3.81. The second-order valence-electron chi connectivity index (χ2n) is 5.15. The van der Waals surface area contributed by atoms with Gasteiger partial charge in [-0.3, -0.25) is 15.0 Å². The summed E-state index contributed by atoms with van der Waals surface area (Å²) in [5.41, 5.74) is 0. The van der Waals surface area contributed by atoms with Crippen LogP contribution in [0.15, 0.2) is 0 Å². The number of rotatable bonds is 5. The molecule has 2 unspecified atom stereocenters. The summed E-state index contributed by atoms with van der Waals surface area (Å²) in [6.45, 7) is 9.48. The molecule has 104 valence electrons. The fourth-order valence-corrected chi connectivity index (χ4v) is 2.70. The number of carbonyl (C=O) groups is 1. The molecule has 1 N–H and O–H groups in total. The molecule has 0 aromatic rings. The quantitative estimate of drug-likeness (QED) is 0.766. The lowest BCUT2D eigenvalue weighted by Crippen LogP contribution is -2.48. The molecule has 2 fully saturated rings. The van der Waals surface area contributed by atoms with Crippen molar-refractivity contribution in [3.05, 3.63) is 0 Å². The molecule has 5 nitrogen and oxygen atoms in total. The van der Waals surface area contributed by atoms with Crippen LogP contribution in [0.25, 0.3) is 0 Å². The van der Waals surface area contributed by atoms with E-state index in [9.17, 15) is 4.79 Å². The van der Waals surface area contributed by atoms with Crippen LogP contribution < -0.4 is 5.32 Å². The van der Waals surface area contributed by atoms with Gasteiger partial charge in [-0.1, -0.05) is 20.3 Å². The first-order valence-electron chi connectivity index (χ1n) is 7.10. The van der Waals surface area contributed by atoms with Gasteiger partial charge in [0.25, 0.3) is 0 Å². The van der Waals surface area contributed by atoms with Gasteiger partial charge < -0.3 is 9.64 Å². The molecule has 2 atom stereocenters. The highest BCUT2D eigenvalue weighted by Crippen LogP contribution is 2.12. The standard InChI is InChI=1S/C13H25N3O2/c1-3-5-12-13(17)16(10-14-12)9-11-8-15(4-2)6-7-18-11/h11-12,14H,3-10H2,1-2H3. The maximum Gasteiger partial charge on any atom is 0.240 e. The van der Waals surface area contributed by atoms with Crippen molar-refractivity contribution in [2.45, 2.75) is 38.8 Å². The van der Waals surface area contributed by atoms with Gasteiger partial charge in [0, 0.05) is 19.6 Å². The summed E-state index contributed by atoms with van der Waals surface area (Å²) >= 11 is 0. The van der Waals surface area contributed by atoms with E-state index in [-0.39, 0.29) is 18.1 Å². The topological polar surface area (TPSA) is 44.8 Å². The van der Waals surface area contributed by atoms with Crippen LogP contribution in [-0.2, 0) is 9.53 Å². The smallest absolute Gasteiger partial charge is 0.240 e. The van der Waals surface area contributed by atoms with Gasteiger partial charge in [-0.25, -0.2) is 0 Å². The second kappa shape index (κ2) is 6.50. The van der Waals surface area contributed by atoms with E-state index >= 15 is 0 Å². The summed E-state index contributed by atoms with van der Waals surface area (Å²) in [7, 11) is 0. The summed E-state index contributed by atoms with van der Waals surface area (Å²) in [6.07, 6.45) is 2.15. The molecule has 2 aliphatic heterocycles. The van der Waals surface area contributed by atoms with Crippen LogP contribution >= 0.6 is 0 Å². The molecule has 2 saturated heterocycles. The second-order valence-corrected chi connectivity index (χ2v) is 5.15. The Morgan fingerprint density at radius 2 is 2.28 bits per heavy atom. The Kier molecular flexibility index (Phi) is 4.97. The summed E-state index contributed by atoms with van der Waals surface area (Å²) in [5.74, 6) is 0.245. The van der Waals surface area contributed by atoms with E-state index < -0.39 is 0 Å². The van der Waals surface area contributed by atoms with Crippen molar-refractivity contribution in [1.82, 2.24) is 15.1 Å². The number of amides is 1. The van der Waals surface area contributed by atoms with E-state index in [1.54, 1.807) is 0 Å². The zero-order valence-electron chi connectivity index (χ0n) is 11.5. The van der Waals surface area contributed by atoms with Crippen molar-refractivity contribution in [2.75, 3.05) is 39.5 Å². The Hall–Kier alpha value is -0.650. The van der Waals surface area contributed by atoms with Crippen LogP contribution in [0.2, 0.25) is 0 Å². The van der Waals surface area contributed by atoms with Gasteiger partial charge in [0.15, 0.2) is 0 Å². The SMILES string of the molecule is CCCC1NCN(CC2CN(CC)CCO2)C1=O. The molecular weight excluding hydrogens is 230 g/mol. The zero-order chi connectivity index (χ0) is 13.0. The van der Waals surface area contributed by atoms with E-state index in [0.717, 1.165) is 45.6 Å². The average molecular weight is 255 g/mol. The Labute approximate surface area is 109 Å². The number of nitrogens with one attached hydrogen (secondary N) is 1. The predicted octanol–water partition coefficient (Wildman–Crippen LogP) is 0.265. The lowest BCUT2D eigenvalue weighted by molar-refractivity contribution is -0.132. The largest absolute Gasteiger partial charge is 0.374 e. The van der Waals surface area contributed by atoms with Crippen LogP contribution in [0.5, 0.6) is 0 Å². The summed E-state index contributed by atoms with van der Waals surface area (Å²) in [6, 6.07) is 0.0286. The molecule has 1 amide bonds. The highest BCUT2D eigenvalue weighted by atomic mass is 16.5. The first kappa shape index (κ1) is 13.8. The third kappa shape index (κ3) is 3.22. The van der Waals surface area contributed by atoms with E-state index in [0.29, 0.717) is 6.67 Å². The molecule has 0 aromatic carbocycles. The minimum absolute atomic E-state index is 0.0286. The van der Waals surface area contributed by atoms with Gasteiger partial charge in [0.2, 0.25) is 5.91 Å². The molecule has 2 rings (SSSR count). The molecule has 0 saturated carbocycles. The summed E-state index contributed by atoms with van der Waals surface area (Å²) in [5, 5.41) is 3.28. The molecule has 2 heterocycles. The normalized spacial score (nSPS) is 30.1. The lowest BCUT2D eigenvalue weighted by Gasteiger charge is -2.34. The molecule has 0 aliphatic carbocycles. The number of hydrogen-bond donors (Lipinski definition) is 1. The number of morpholine rings is 1. The number of carbonyl (C=O) groups excluding carboxylic acids is 1. The Morgan fingerprint density at radius 3 is 3.00 bits per heavy atom. The van der Waals surface area contributed by atoms with Crippen LogP contribution in [0.3, 0.4) is 0 Å². The maximum absolute atomic E-state index is 12.1. The third-order valence-electron chi connectivity index (χ3n) is 3.81. The van der Waals surface area contributed by atoms with Gasteiger partial charge >= 0.3 is 0 Å². The van der Waals surface area contributed by atoms with Crippen LogP contribution in [-0.4, -0.2) is 67.3 Å². The van der Waals surface area contributed by atoms with E-state index in [1.165, 1.54) is 0 Å². The fourth-order valence-electron chi connectivity index (χ4n) is 2.70. The van der Waals surface area contributed by atoms with Crippen LogP contribution in [0, 0.1) is 0 Å². The Bertz CT molecular complexity index is 285. The van der Waals surface area contributed by atoms with Crippen molar-refractivity contribution in [3.63, 3.8) is 0 Å². The van der Waals surface area contributed by atoms with Gasteiger partial charge in [-0.05, 0) is 13.0 Å². The zero-order valence-corrected chi connectivity index (χ0v) is 11.5. The summed E-state index contributed by atoms with van der Waals surface area (Å²) < 4.78 is 5.75. The molecule has 0 aromatic heterocycles. The first-order valence-corrected chi connectivity index (χ1v) is 7.10. The van der Waals surface area contributed by atoms with Crippen molar-refractivity contribution < 1.29 is 9.53 Å². The van der Waals surface area contributed by atoms with E-state index in [2.05, 4.69) is 24.1 Å². The monoisotopic (exact) mass is 255 g/mol. The number of hydrogen-bond acceptors (Lipinski definition) is 4. The molecule has 0 bridgehead atoms. The fraction of sp³-hybridized carbons (Fsp3) is 0.923.